The highest BCUT2D eigenvalue weighted by Crippen LogP contribution is 2.27. The van der Waals surface area contributed by atoms with E-state index in [4.69, 9.17) is 11.6 Å². The second kappa shape index (κ2) is 5.76. The Labute approximate surface area is 155 Å². The molecule has 6 nitrogen and oxygen atoms in total. The van der Waals surface area contributed by atoms with Crippen LogP contribution < -0.4 is 4.72 Å². The number of nitrogens with one attached hydrogen (secondary N) is 1. The Balaban J connectivity index is 1.76. The van der Waals surface area contributed by atoms with E-state index in [2.05, 4.69) is 27.3 Å². The molecule has 1 aromatic heterocycles. The van der Waals surface area contributed by atoms with E-state index < -0.39 is 10.0 Å². The molecule has 0 bridgehead atoms. The van der Waals surface area contributed by atoms with Crippen LogP contribution in [-0.2, 0) is 16.6 Å². The highest BCUT2D eigenvalue weighted by molar-refractivity contribution is 7.91. The molecule has 1 aliphatic heterocycles. The van der Waals surface area contributed by atoms with Crippen LogP contribution in [0.25, 0.3) is 11.0 Å². The summed E-state index contributed by atoms with van der Waals surface area (Å²) in [5, 5.41) is 0.463. The van der Waals surface area contributed by atoms with Crippen LogP contribution in [0.15, 0.2) is 51.2 Å². The van der Waals surface area contributed by atoms with Crippen LogP contribution >= 0.6 is 24.2 Å². The lowest BCUT2D eigenvalue weighted by molar-refractivity contribution is 0.590. The summed E-state index contributed by atoms with van der Waals surface area (Å²) < 4.78 is 29.9. The molecule has 0 amide bonds. The topological polar surface area (TPSA) is 76.3 Å². The number of rotatable bonds is 2. The number of imidazole rings is 1. The van der Waals surface area contributed by atoms with Gasteiger partial charge in [0.25, 0.3) is 10.0 Å². The predicted molar refractivity (Wildman–Crippen MR) is 100 cm³/mol. The number of nitrogens with zero attached hydrogens (tertiary/aromatic N) is 3. The van der Waals surface area contributed by atoms with E-state index in [1.807, 2.05) is 24.3 Å². The van der Waals surface area contributed by atoms with Crippen LogP contribution in [0.2, 0.25) is 5.02 Å². The molecule has 4 rings (SSSR count). The van der Waals surface area contributed by atoms with Crippen molar-refractivity contribution >= 4 is 51.2 Å². The van der Waals surface area contributed by atoms with Gasteiger partial charge < -0.3 is 0 Å². The maximum Gasteiger partial charge on any atom is 0.265 e. The number of hydrogen-bond acceptors (Lipinski definition) is 5. The molecule has 0 aliphatic carbocycles. The molecule has 0 fully saturated rings. The number of para-hydroxylation sites is 2. The predicted octanol–water partition coefficient (Wildman–Crippen LogP) is 2.98. The Kier molecular flexibility index (Phi) is 3.78. The third-order valence-corrected chi connectivity index (χ3v) is 6.26. The van der Waals surface area contributed by atoms with Crippen LogP contribution in [0.1, 0.15) is 11.4 Å². The first-order valence-corrected chi connectivity index (χ1v) is 9.71. The molecule has 3 aromatic rings. The SMILES string of the molecule is Cc1cc(S(=O)(=O)NC2=NCc3nc4ccccc4n32)c(S)cc1Cl. The minimum Gasteiger partial charge on any atom is -0.264 e. The fourth-order valence-electron chi connectivity index (χ4n) is 2.75. The average molecular weight is 393 g/mol. The third kappa shape index (κ3) is 2.70. The summed E-state index contributed by atoms with van der Waals surface area (Å²) in [7, 11) is -3.87. The molecule has 0 atom stereocenters. The van der Waals surface area contributed by atoms with Gasteiger partial charge in [0.2, 0.25) is 5.96 Å². The zero-order valence-electron chi connectivity index (χ0n) is 13.1. The van der Waals surface area contributed by atoms with Gasteiger partial charge >= 0.3 is 0 Å². The largest absolute Gasteiger partial charge is 0.265 e. The third-order valence-electron chi connectivity index (χ3n) is 3.97. The van der Waals surface area contributed by atoms with E-state index >= 15 is 0 Å². The molecule has 0 unspecified atom stereocenters. The van der Waals surface area contributed by atoms with Crippen LogP contribution in [-0.4, -0.2) is 23.9 Å². The summed E-state index contributed by atoms with van der Waals surface area (Å²) in [6.07, 6.45) is 0. The number of hydrogen-bond donors (Lipinski definition) is 2. The first-order valence-electron chi connectivity index (χ1n) is 7.40. The molecular formula is C16H13ClN4O2S2. The minimum atomic E-state index is -3.87. The van der Waals surface area contributed by atoms with Gasteiger partial charge in [0.15, 0.2) is 0 Å². The number of aryl methyl sites for hydroxylation is 1. The summed E-state index contributed by atoms with van der Waals surface area (Å²) in [6.45, 7) is 2.06. The van der Waals surface area contributed by atoms with Gasteiger partial charge in [-0.3, -0.25) is 4.57 Å². The lowest BCUT2D eigenvalue weighted by Gasteiger charge is -2.12. The molecule has 1 N–H and O–H groups in total. The monoisotopic (exact) mass is 392 g/mol. The molecule has 0 radical (unpaired) electrons. The molecule has 1 aliphatic rings. The smallest absolute Gasteiger partial charge is 0.264 e. The Morgan fingerprint density at radius 2 is 2.04 bits per heavy atom. The average Bonchev–Trinajstić information content (AvgIpc) is 3.10. The minimum absolute atomic E-state index is 0.0540. The molecule has 2 aromatic carbocycles. The maximum atomic E-state index is 12.8. The van der Waals surface area contributed by atoms with Gasteiger partial charge in [-0.15, -0.1) is 12.6 Å². The summed E-state index contributed by atoms with van der Waals surface area (Å²) in [6, 6.07) is 10.5. The molecule has 0 saturated heterocycles. The van der Waals surface area contributed by atoms with E-state index in [0.717, 1.165) is 11.0 Å². The normalized spacial score (nSPS) is 13.8. The highest BCUT2D eigenvalue weighted by Gasteiger charge is 2.26. The number of thiol groups is 1. The van der Waals surface area contributed by atoms with Crippen molar-refractivity contribution in [3.63, 3.8) is 0 Å². The van der Waals surface area contributed by atoms with E-state index in [1.54, 1.807) is 11.5 Å². The first-order chi connectivity index (χ1) is 11.9. The lowest BCUT2D eigenvalue weighted by atomic mass is 10.2. The molecule has 2 heterocycles. The van der Waals surface area contributed by atoms with Gasteiger partial charge in [-0.1, -0.05) is 23.7 Å². The quantitative estimate of drug-likeness (QED) is 0.658. The number of sulfonamides is 1. The lowest BCUT2D eigenvalue weighted by Crippen LogP contribution is -2.34. The number of halogens is 1. The Hall–Kier alpha value is -2.03. The van der Waals surface area contributed by atoms with E-state index in [0.29, 0.717) is 23.0 Å². The molecule has 128 valence electrons. The summed E-state index contributed by atoms with van der Waals surface area (Å²) >= 11 is 10.3. The summed E-state index contributed by atoms with van der Waals surface area (Å²) in [5.41, 5.74) is 2.25. The molecule has 9 heteroatoms. The second-order valence-electron chi connectivity index (χ2n) is 5.67. The van der Waals surface area contributed by atoms with Crippen molar-refractivity contribution < 1.29 is 8.42 Å². The van der Waals surface area contributed by atoms with Crippen molar-refractivity contribution in [2.75, 3.05) is 0 Å². The standard InChI is InChI=1S/C16H13ClN4O2S2/c1-9-6-14(13(24)7-10(9)17)25(22,23)20-16-18-8-15-19-11-4-2-3-5-12(11)21(15)16/h2-7,24H,8H2,1H3,(H,18,20). The van der Waals surface area contributed by atoms with Gasteiger partial charge in [-0.05, 0) is 36.8 Å². The first kappa shape index (κ1) is 16.4. The number of benzene rings is 2. The zero-order valence-corrected chi connectivity index (χ0v) is 15.5. The van der Waals surface area contributed by atoms with E-state index in [1.165, 1.54) is 12.1 Å². The Morgan fingerprint density at radius 3 is 2.84 bits per heavy atom. The number of aromatic nitrogens is 2. The van der Waals surface area contributed by atoms with E-state index in [-0.39, 0.29) is 15.8 Å². The van der Waals surface area contributed by atoms with Crippen molar-refractivity contribution in [1.82, 2.24) is 14.3 Å². The van der Waals surface area contributed by atoms with Gasteiger partial charge in [-0.2, -0.15) is 0 Å². The van der Waals surface area contributed by atoms with Crippen molar-refractivity contribution in [3.8, 4) is 0 Å². The van der Waals surface area contributed by atoms with Crippen LogP contribution in [0, 0.1) is 6.92 Å². The molecule has 25 heavy (non-hydrogen) atoms. The molecular weight excluding hydrogens is 380 g/mol. The Morgan fingerprint density at radius 1 is 1.28 bits per heavy atom. The second-order valence-corrected chi connectivity index (χ2v) is 8.21. The van der Waals surface area contributed by atoms with Gasteiger partial charge in [0, 0.05) is 9.92 Å². The highest BCUT2D eigenvalue weighted by atomic mass is 35.5. The summed E-state index contributed by atoms with van der Waals surface area (Å²) in [4.78, 5) is 9.07. The van der Waals surface area contributed by atoms with Crippen molar-refractivity contribution in [3.05, 3.63) is 52.8 Å². The fourth-order valence-corrected chi connectivity index (χ4v) is 4.71. The van der Waals surface area contributed by atoms with Gasteiger partial charge in [-0.25, -0.2) is 23.1 Å². The van der Waals surface area contributed by atoms with Crippen molar-refractivity contribution in [2.24, 2.45) is 4.99 Å². The maximum absolute atomic E-state index is 12.8. The zero-order chi connectivity index (χ0) is 17.8. The van der Waals surface area contributed by atoms with Crippen LogP contribution in [0.4, 0.5) is 0 Å². The molecule has 0 saturated carbocycles. The van der Waals surface area contributed by atoms with Crippen molar-refractivity contribution in [2.45, 2.75) is 23.3 Å². The number of aliphatic imine (C=N–C) groups is 1. The van der Waals surface area contributed by atoms with Crippen molar-refractivity contribution in [1.29, 1.82) is 0 Å². The van der Waals surface area contributed by atoms with Crippen LogP contribution in [0.3, 0.4) is 0 Å². The Bertz CT molecular complexity index is 1150. The van der Waals surface area contributed by atoms with E-state index in [9.17, 15) is 8.42 Å². The number of fused-ring (bicyclic) bond motifs is 3. The fraction of sp³-hybridized carbons (Fsp3) is 0.125. The molecule has 0 spiro atoms. The summed E-state index contributed by atoms with van der Waals surface area (Å²) in [5.74, 6) is 0.918. The van der Waals surface area contributed by atoms with Crippen LogP contribution in [0.5, 0.6) is 0 Å². The van der Waals surface area contributed by atoms with Gasteiger partial charge in [0.1, 0.15) is 17.3 Å². The van der Waals surface area contributed by atoms with Gasteiger partial charge in [0.05, 0.1) is 11.0 Å².